The van der Waals surface area contributed by atoms with Crippen LogP contribution in [0, 0.1) is 0 Å². The number of ether oxygens (including phenoxy) is 1. The molecule has 134 valence electrons. The highest BCUT2D eigenvalue weighted by atomic mass is 16.7. The lowest BCUT2D eigenvalue weighted by Gasteiger charge is -2.24. The summed E-state index contributed by atoms with van der Waals surface area (Å²) in [4.78, 5) is 50.1. The quantitative estimate of drug-likeness (QED) is 0.771. The number of nitrogens with zero attached hydrogens (tertiary/aromatic N) is 2. The molecule has 0 aromatic heterocycles. The van der Waals surface area contributed by atoms with E-state index in [1.165, 1.54) is 23.6 Å². The first-order valence-electron chi connectivity index (χ1n) is 7.57. The molecule has 2 atom stereocenters. The largest absolute Gasteiger partial charge is 0.506 e. The zero-order valence-electron chi connectivity index (χ0n) is 14.1. The number of carbonyl (C=O) groups excluding carboxylic acids is 3. The smallest absolute Gasteiger partial charge is 0.450 e. The van der Waals surface area contributed by atoms with Gasteiger partial charge < -0.3 is 25.0 Å². The van der Waals surface area contributed by atoms with Crippen LogP contribution in [0.2, 0.25) is 0 Å². The second kappa shape index (κ2) is 7.20. The van der Waals surface area contributed by atoms with Crippen molar-refractivity contribution in [2.24, 2.45) is 0 Å². The van der Waals surface area contributed by atoms with Crippen molar-refractivity contribution in [1.29, 1.82) is 0 Å². The van der Waals surface area contributed by atoms with Gasteiger partial charge in [-0.15, -0.1) is 0 Å². The Kier molecular flexibility index (Phi) is 5.26. The molecule has 0 bridgehead atoms. The lowest BCUT2D eigenvalue weighted by Crippen LogP contribution is -2.54. The number of hydrogen-bond donors (Lipinski definition) is 2. The summed E-state index contributed by atoms with van der Waals surface area (Å²) in [5.41, 5.74) is 1.09. The molecule has 1 aliphatic rings. The number of rotatable bonds is 3. The third-order valence-electron chi connectivity index (χ3n) is 3.87. The zero-order valence-corrected chi connectivity index (χ0v) is 14.1. The van der Waals surface area contributed by atoms with Gasteiger partial charge in [-0.25, -0.2) is 4.79 Å². The molecule has 0 aliphatic carbocycles. The lowest BCUT2D eigenvalue weighted by molar-refractivity contribution is -0.133. The van der Waals surface area contributed by atoms with Gasteiger partial charge in [-0.3, -0.25) is 14.4 Å². The number of carbonyl (C=O) groups is 4. The van der Waals surface area contributed by atoms with Crippen LogP contribution >= 0.6 is 0 Å². The molecule has 0 saturated carbocycles. The van der Waals surface area contributed by atoms with Gasteiger partial charge in [-0.2, -0.15) is 0 Å². The summed E-state index contributed by atoms with van der Waals surface area (Å²) in [6.07, 6.45) is -2.88. The van der Waals surface area contributed by atoms with E-state index in [1.807, 2.05) is 0 Å². The normalized spacial score (nSPS) is 18.0. The molecule has 1 aromatic rings. The van der Waals surface area contributed by atoms with E-state index in [0.717, 1.165) is 0 Å². The van der Waals surface area contributed by atoms with E-state index in [0.29, 0.717) is 11.4 Å². The first-order chi connectivity index (χ1) is 11.7. The summed E-state index contributed by atoms with van der Waals surface area (Å²) < 4.78 is 4.38. The Labute approximate surface area is 144 Å². The van der Waals surface area contributed by atoms with Crippen molar-refractivity contribution in [2.45, 2.75) is 26.0 Å². The van der Waals surface area contributed by atoms with E-state index < -0.39 is 30.1 Å². The fraction of sp³-hybridized carbons (Fsp3) is 0.375. The highest BCUT2D eigenvalue weighted by Gasteiger charge is 2.35. The molecule has 1 aromatic carbocycles. The molecular formula is C16H19N3O6. The van der Waals surface area contributed by atoms with Crippen molar-refractivity contribution in [1.82, 2.24) is 5.32 Å². The second-order valence-corrected chi connectivity index (χ2v) is 5.60. The summed E-state index contributed by atoms with van der Waals surface area (Å²) in [7, 11) is 1.54. The van der Waals surface area contributed by atoms with Crippen LogP contribution in [-0.2, 0) is 19.1 Å². The Hall–Kier alpha value is -3.10. The fourth-order valence-electron chi connectivity index (χ4n) is 2.59. The predicted octanol–water partition coefficient (Wildman–Crippen LogP) is 0.584. The number of likely N-dealkylation sites (N-methyl/N-ethyl adjacent to an activating group) is 1. The van der Waals surface area contributed by atoms with Gasteiger partial charge >= 0.3 is 6.16 Å². The Morgan fingerprint density at radius 3 is 2.44 bits per heavy atom. The third kappa shape index (κ3) is 3.87. The Morgan fingerprint density at radius 1 is 1.28 bits per heavy atom. The molecule has 3 amide bonds. The SMILES string of the molecule is CC(=O)N1C[C@H](NC(=O)[C@H](C)OC(=O)O)C(=O)N(C)c2ccccc21. The molecule has 0 saturated heterocycles. The number of hydrogen-bond acceptors (Lipinski definition) is 5. The average molecular weight is 349 g/mol. The number of amides is 3. The topological polar surface area (TPSA) is 116 Å². The highest BCUT2D eigenvalue weighted by molar-refractivity contribution is 6.07. The van der Waals surface area contributed by atoms with Crippen molar-refractivity contribution in [3.8, 4) is 0 Å². The van der Waals surface area contributed by atoms with E-state index in [9.17, 15) is 19.2 Å². The van der Waals surface area contributed by atoms with Crippen molar-refractivity contribution >= 4 is 35.3 Å². The average Bonchev–Trinajstić information content (AvgIpc) is 2.65. The molecule has 1 heterocycles. The van der Waals surface area contributed by atoms with Crippen LogP contribution in [0.1, 0.15) is 13.8 Å². The minimum atomic E-state index is -1.59. The summed E-state index contributed by atoms with van der Waals surface area (Å²) >= 11 is 0. The van der Waals surface area contributed by atoms with Gasteiger partial charge in [0, 0.05) is 14.0 Å². The lowest BCUT2D eigenvalue weighted by atomic mass is 10.2. The van der Waals surface area contributed by atoms with Crippen molar-refractivity contribution < 1.29 is 29.0 Å². The summed E-state index contributed by atoms with van der Waals surface area (Å²) in [5, 5.41) is 11.0. The monoisotopic (exact) mass is 349 g/mol. The van der Waals surface area contributed by atoms with E-state index in [2.05, 4.69) is 10.1 Å². The maximum atomic E-state index is 12.7. The molecule has 2 N–H and O–H groups in total. The molecule has 1 aliphatic heterocycles. The van der Waals surface area contributed by atoms with Crippen LogP contribution in [0.25, 0.3) is 0 Å². The second-order valence-electron chi connectivity index (χ2n) is 5.60. The van der Waals surface area contributed by atoms with E-state index in [1.54, 1.807) is 31.3 Å². The number of anilines is 2. The molecule has 0 spiro atoms. The summed E-state index contributed by atoms with van der Waals surface area (Å²) in [6, 6.07) is 5.86. The molecule has 9 heteroatoms. The van der Waals surface area contributed by atoms with Gasteiger partial charge in [0.1, 0.15) is 6.04 Å². The van der Waals surface area contributed by atoms with Crippen LogP contribution in [-0.4, -0.2) is 54.7 Å². The molecule has 25 heavy (non-hydrogen) atoms. The Morgan fingerprint density at radius 2 is 1.88 bits per heavy atom. The summed E-state index contributed by atoms with van der Waals surface area (Å²) in [6.45, 7) is 2.55. The minimum Gasteiger partial charge on any atom is -0.450 e. The number of nitrogens with one attached hydrogen (secondary N) is 1. The van der Waals surface area contributed by atoms with Crippen molar-refractivity contribution in [3.63, 3.8) is 0 Å². The molecular weight excluding hydrogens is 330 g/mol. The van der Waals surface area contributed by atoms with E-state index in [-0.39, 0.29) is 12.5 Å². The third-order valence-corrected chi connectivity index (χ3v) is 3.87. The first kappa shape index (κ1) is 18.2. The van der Waals surface area contributed by atoms with Crippen LogP contribution in [0.3, 0.4) is 0 Å². The van der Waals surface area contributed by atoms with Gasteiger partial charge in [0.25, 0.3) is 11.8 Å². The van der Waals surface area contributed by atoms with Crippen LogP contribution in [0.15, 0.2) is 24.3 Å². The van der Waals surface area contributed by atoms with E-state index in [4.69, 9.17) is 5.11 Å². The van der Waals surface area contributed by atoms with Gasteiger partial charge in [-0.05, 0) is 19.1 Å². The standard InChI is InChI=1S/C16H19N3O6/c1-9(25-16(23)24)14(21)17-11-8-19(10(2)20)13-7-5-4-6-12(13)18(3)15(11)22/h4-7,9,11H,8H2,1-3H3,(H,17,21)(H,23,24)/t9-,11-/m0/s1. The zero-order chi connectivity index (χ0) is 18.7. The molecule has 0 unspecified atom stereocenters. The van der Waals surface area contributed by atoms with Gasteiger partial charge in [-0.1, -0.05) is 12.1 Å². The van der Waals surface area contributed by atoms with Crippen LogP contribution in [0.5, 0.6) is 0 Å². The first-order valence-corrected chi connectivity index (χ1v) is 7.57. The summed E-state index contributed by atoms with van der Waals surface area (Å²) in [5.74, 6) is -1.47. The number of para-hydroxylation sites is 2. The molecule has 2 rings (SSSR count). The molecule has 9 nitrogen and oxygen atoms in total. The van der Waals surface area contributed by atoms with Crippen molar-refractivity contribution in [2.75, 3.05) is 23.4 Å². The number of carboxylic acid groups (broad SMARTS) is 1. The fourth-order valence-corrected chi connectivity index (χ4v) is 2.59. The maximum absolute atomic E-state index is 12.7. The minimum absolute atomic E-state index is 0.0684. The number of benzene rings is 1. The number of fused-ring (bicyclic) bond motifs is 1. The van der Waals surface area contributed by atoms with E-state index >= 15 is 0 Å². The van der Waals surface area contributed by atoms with Gasteiger partial charge in [0.2, 0.25) is 5.91 Å². The highest BCUT2D eigenvalue weighted by Crippen LogP contribution is 2.31. The Balaban J connectivity index is 2.29. The van der Waals surface area contributed by atoms with Crippen LogP contribution in [0.4, 0.5) is 16.2 Å². The Bertz CT molecular complexity index is 720. The van der Waals surface area contributed by atoms with Crippen molar-refractivity contribution in [3.05, 3.63) is 24.3 Å². The van der Waals surface area contributed by atoms with Gasteiger partial charge in [0.05, 0.1) is 17.9 Å². The maximum Gasteiger partial charge on any atom is 0.506 e. The predicted molar refractivity (Wildman–Crippen MR) is 88.4 cm³/mol. The molecule has 0 radical (unpaired) electrons. The molecule has 0 fully saturated rings. The van der Waals surface area contributed by atoms with Gasteiger partial charge in [0.15, 0.2) is 6.10 Å². The van der Waals surface area contributed by atoms with Crippen LogP contribution < -0.4 is 15.1 Å².